The van der Waals surface area contributed by atoms with Crippen molar-refractivity contribution in [2.24, 2.45) is 23.7 Å². The average Bonchev–Trinajstić information content (AvgIpc) is 2.65. The fourth-order valence-electron chi connectivity index (χ4n) is 6.11. The highest BCUT2D eigenvalue weighted by molar-refractivity contribution is 5.82. The smallest absolute Gasteiger partial charge is 0.251 e. The summed E-state index contributed by atoms with van der Waals surface area (Å²) in [4.78, 5) is 15.0. The highest BCUT2D eigenvalue weighted by Crippen LogP contribution is 2.53. The van der Waals surface area contributed by atoms with Crippen LogP contribution >= 0.6 is 0 Å². The summed E-state index contributed by atoms with van der Waals surface area (Å²) in [7, 11) is 0. The van der Waals surface area contributed by atoms with E-state index in [-0.39, 0.29) is 11.7 Å². The van der Waals surface area contributed by atoms with Gasteiger partial charge in [-0.3, -0.25) is 4.79 Å². The maximum atomic E-state index is 13.2. The van der Waals surface area contributed by atoms with Gasteiger partial charge in [0.05, 0.1) is 13.2 Å². The summed E-state index contributed by atoms with van der Waals surface area (Å²) in [6, 6.07) is 6.82. The number of nitrogens with zero attached hydrogens (tertiary/aromatic N) is 1. The monoisotopic (exact) mass is 358 g/mol. The van der Waals surface area contributed by atoms with Gasteiger partial charge in [0.1, 0.15) is 5.82 Å². The summed E-state index contributed by atoms with van der Waals surface area (Å²) in [6.07, 6.45) is 6.17. The molecular formula is C21H27FN2O2. The van der Waals surface area contributed by atoms with E-state index >= 15 is 0 Å². The first-order valence-corrected chi connectivity index (χ1v) is 10.1. The van der Waals surface area contributed by atoms with Crippen molar-refractivity contribution in [3.8, 4) is 0 Å². The minimum absolute atomic E-state index is 0.0364. The van der Waals surface area contributed by atoms with Crippen LogP contribution in [0, 0.1) is 29.5 Å². The van der Waals surface area contributed by atoms with Gasteiger partial charge in [0.2, 0.25) is 0 Å². The molecule has 26 heavy (non-hydrogen) atoms. The molecule has 0 aromatic heterocycles. The van der Waals surface area contributed by atoms with Crippen LogP contribution in [0.5, 0.6) is 0 Å². The van der Waals surface area contributed by atoms with Gasteiger partial charge in [-0.25, -0.2) is 4.39 Å². The average molecular weight is 358 g/mol. The molecule has 1 aromatic rings. The van der Waals surface area contributed by atoms with Gasteiger partial charge < -0.3 is 15.0 Å². The van der Waals surface area contributed by atoms with Gasteiger partial charge in [0, 0.05) is 18.3 Å². The molecule has 140 valence electrons. The third-order valence-corrected chi connectivity index (χ3v) is 7.09. The van der Waals surface area contributed by atoms with Gasteiger partial charge in [0.15, 0.2) is 6.10 Å². The van der Waals surface area contributed by atoms with Crippen LogP contribution in [0.25, 0.3) is 0 Å². The first-order chi connectivity index (χ1) is 12.7. The summed E-state index contributed by atoms with van der Waals surface area (Å²) < 4.78 is 18.9. The quantitative estimate of drug-likeness (QED) is 0.903. The van der Waals surface area contributed by atoms with E-state index in [4.69, 9.17) is 4.74 Å². The minimum Gasteiger partial charge on any atom is -0.366 e. The predicted octanol–water partition coefficient (Wildman–Crippen LogP) is 2.97. The second-order valence-electron chi connectivity index (χ2n) is 8.75. The normalized spacial score (nSPS) is 38.4. The Labute approximate surface area is 154 Å². The third kappa shape index (κ3) is 3.00. The van der Waals surface area contributed by atoms with E-state index in [1.54, 1.807) is 12.1 Å². The first-order valence-electron chi connectivity index (χ1n) is 10.1. The van der Waals surface area contributed by atoms with Crippen molar-refractivity contribution < 1.29 is 13.9 Å². The number of morpholine rings is 1. The van der Waals surface area contributed by atoms with E-state index in [0.29, 0.717) is 31.0 Å². The van der Waals surface area contributed by atoms with Crippen molar-refractivity contribution >= 4 is 11.6 Å². The molecule has 4 aliphatic carbocycles. The number of hydrogen-bond acceptors (Lipinski definition) is 3. The number of nitrogens with one attached hydrogen (secondary N) is 1. The number of hydrogen-bond donors (Lipinski definition) is 1. The lowest BCUT2D eigenvalue weighted by molar-refractivity contribution is -0.137. The number of carbonyl (C=O) groups is 1. The fourth-order valence-corrected chi connectivity index (χ4v) is 6.11. The number of rotatable bonds is 3. The summed E-state index contributed by atoms with van der Waals surface area (Å²) in [5, 5.41) is 3.36. The highest BCUT2D eigenvalue weighted by atomic mass is 19.1. The molecule has 1 aliphatic heterocycles. The topological polar surface area (TPSA) is 41.6 Å². The molecule has 1 atom stereocenters. The summed E-state index contributed by atoms with van der Waals surface area (Å²) in [5.74, 6) is 2.96. The van der Waals surface area contributed by atoms with Crippen LogP contribution in [0.3, 0.4) is 0 Å². The number of halogens is 1. The van der Waals surface area contributed by atoms with Gasteiger partial charge in [-0.2, -0.15) is 0 Å². The van der Waals surface area contributed by atoms with E-state index in [9.17, 15) is 9.18 Å². The van der Waals surface area contributed by atoms with Crippen molar-refractivity contribution in [3.05, 3.63) is 30.1 Å². The van der Waals surface area contributed by atoms with Crippen molar-refractivity contribution in [2.75, 3.05) is 24.6 Å². The summed E-state index contributed by atoms with van der Waals surface area (Å²) in [6.45, 7) is 1.79. The van der Waals surface area contributed by atoms with Gasteiger partial charge in [0.25, 0.3) is 5.91 Å². The van der Waals surface area contributed by atoms with Crippen LogP contribution in [0.2, 0.25) is 0 Å². The molecule has 4 saturated carbocycles. The molecule has 1 unspecified atom stereocenters. The second-order valence-corrected chi connectivity index (χ2v) is 8.75. The Kier molecular flexibility index (Phi) is 4.15. The molecular weight excluding hydrogens is 331 g/mol. The standard InChI is InChI=1S/C21H27FN2O2/c22-17-1-3-18(4-2-17)24-5-6-26-19(12-24)21(25)23-20-15-8-13-7-14(10-15)11-16(20)9-13/h1-4,13-16,19-20H,5-12H2,(H,23,25). The van der Waals surface area contributed by atoms with E-state index < -0.39 is 6.10 Å². The Morgan fingerprint density at radius 1 is 1.04 bits per heavy atom. The first kappa shape index (κ1) is 16.5. The highest BCUT2D eigenvalue weighted by Gasteiger charge is 2.49. The molecule has 5 fully saturated rings. The molecule has 5 aliphatic rings. The number of benzene rings is 1. The lowest BCUT2D eigenvalue weighted by atomic mass is 9.54. The molecule has 1 aromatic carbocycles. The summed E-state index contributed by atoms with van der Waals surface area (Å²) >= 11 is 0. The molecule has 0 spiro atoms. The zero-order valence-electron chi connectivity index (χ0n) is 15.1. The SMILES string of the molecule is O=C(NC1C2CC3CC(C2)CC1C3)C1CN(c2ccc(F)cc2)CCO1. The lowest BCUT2D eigenvalue weighted by Gasteiger charge is -2.54. The Morgan fingerprint density at radius 3 is 2.35 bits per heavy atom. The molecule has 4 nitrogen and oxygen atoms in total. The van der Waals surface area contributed by atoms with Gasteiger partial charge in [-0.15, -0.1) is 0 Å². The molecule has 1 heterocycles. The zero-order valence-corrected chi connectivity index (χ0v) is 15.1. The van der Waals surface area contributed by atoms with Crippen molar-refractivity contribution in [2.45, 2.75) is 44.2 Å². The van der Waals surface area contributed by atoms with E-state index in [1.807, 2.05) is 0 Å². The van der Waals surface area contributed by atoms with E-state index in [2.05, 4.69) is 10.2 Å². The number of anilines is 1. The Balaban J connectivity index is 1.23. The van der Waals surface area contributed by atoms with E-state index in [1.165, 1.54) is 44.2 Å². The van der Waals surface area contributed by atoms with Crippen molar-refractivity contribution in [1.29, 1.82) is 0 Å². The minimum atomic E-state index is -0.439. The molecule has 1 amide bonds. The van der Waals surface area contributed by atoms with Crippen LogP contribution in [0.4, 0.5) is 10.1 Å². The molecule has 0 radical (unpaired) electrons. The molecule has 4 bridgehead atoms. The number of amides is 1. The van der Waals surface area contributed by atoms with Gasteiger partial charge in [-0.05, 0) is 80.0 Å². The van der Waals surface area contributed by atoms with Gasteiger partial charge >= 0.3 is 0 Å². The largest absolute Gasteiger partial charge is 0.366 e. The predicted molar refractivity (Wildman–Crippen MR) is 97.3 cm³/mol. The lowest BCUT2D eigenvalue weighted by Crippen LogP contribution is -2.59. The Hall–Kier alpha value is -1.62. The molecule has 1 N–H and O–H groups in total. The number of ether oxygens (including phenoxy) is 1. The van der Waals surface area contributed by atoms with E-state index in [0.717, 1.165) is 24.1 Å². The Morgan fingerprint density at radius 2 is 1.69 bits per heavy atom. The van der Waals surface area contributed by atoms with Crippen LogP contribution in [0.1, 0.15) is 32.1 Å². The Bertz CT molecular complexity index is 649. The molecule has 6 rings (SSSR count). The molecule has 5 heteroatoms. The second kappa shape index (κ2) is 6.52. The molecule has 1 saturated heterocycles. The van der Waals surface area contributed by atoms with Crippen molar-refractivity contribution in [3.63, 3.8) is 0 Å². The van der Waals surface area contributed by atoms with Crippen molar-refractivity contribution in [1.82, 2.24) is 5.32 Å². The fraction of sp³-hybridized carbons (Fsp3) is 0.667. The van der Waals surface area contributed by atoms with Gasteiger partial charge in [-0.1, -0.05) is 0 Å². The van der Waals surface area contributed by atoms with Crippen LogP contribution in [-0.4, -0.2) is 37.7 Å². The van der Waals surface area contributed by atoms with Crippen LogP contribution < -0.4 is 10.2 Å². The number of carbonyl (C=O) groups excluding carboxylic acids is 1. The zero-order chi connectivity index (χ0) is 17.7. The van der Waals surface area contributed by atoms with Crippen LogP contribution in [0.15, 0.2) is 24.3 Å². The maximum Gasteiger partial charge on any atom is 0.251 e. The van der Waals surface area contributed by atoms with Crippen LogP contribution in [-0.2, 0) is 9.53 Å². The summed E-state index contributed by atoms with van der Waals surface area (Å²) in [5.41, 5.74) is 0.946. The third-order valence-electron chi connectivity index (χ3n) is 7.09. The maximum absolute atomic E-state index is 13.2.